The average molecular weight is 267 g/mol. The van der Waals surface area contributed by atoms with Crippen LogP contribution in [0.3, 0.4) is 0 Å². The first kappa shape index (κ1) is 15.3. The van der Waals surface area contributed by atoms with Gasteiger partial charge >= 0.3 is 0 Å². The van der Waals surface area contributed by atoms with Gasteiger partial charge in [0.15, 0.2) is 0 Å². The Labute approximate surface area is 119 Å². The molecule has 2 aliphatic rings. The lowest BCUT2D eigenvalue weighted by molar-refractivity contribution is 0.198. The van der Waals surface area contributed by atoms with E-state index in [0.29, 0.717) is 6.04 Å². The fourth-order valence-electron chi connectivity index (χ4n) is 3.83. The van der Waals surface area contributed by atoms with Crippen molar-refractivity contribution in [1.82, 2.24) is 15.5 Å². The SMILES string of the molecule is CC(CCN(C)C)NC1CCCCC1C1CCCN1. The summed E-state index contributed by atoms with van der Waals surface area (Å²) in [6, 6.07) is 2.19. The molecule has 2 fully saturated rings. The van der Waals surface area contributed by atoms with Crippen molar-refractivity contribution in [2.75, 3.05) is 27.2 Å². The van der Waals surface area contributed by atoms with Crippen LogP contribution in [-0.4, -0.2) is 50.2 Å². The third kappa shape index (κ3) is 4.73. The summed E-state index contributed by atoms with van der Waals surface area (Å²) in [4.78, 5) is 2.29. The van der Waals surface area contributed by atoms with E-state index in [1.807, 2.05) is 0 Å². The first-order valence-electron chi connectivity index (χ1n) is 8.31. The zero-order valence-electron chi connectivity index (χ0n) is 13.1. The maximum atomic E-state index is 3.93. The molecule has 1 aliphatic carbocycles. The molecule has 1 saturated carbocycles. The quantitative estimate of drug-likeness (QED) is 0.773. The number of hydrogen-bond acceptors (Lipinski definition) is 3. The number of nitrogens with one attached hydrogen (secondary N) is 2. The maximum absolute atomic E-state index is 3.93. The molecule has 0 amide bonds. The molecule has 3 nitrogen and oxygen atoms in total. The second-order valence-electron chi connectivity index (χ2n) is 6.92. The minimum atomic E-state index is 0.648. The second kappa shape index (κ2) is 7.61. The zero-order valence-corrected chi connectivity index (χ0v) is 13.1. The van der Waals surface area contributed by atoms with Crippen molar-refractivity contribution >= 4 is 0 Å². The Morgan fingerprint density at radius 2 is 1.95 bits per heavy atom. The van der Waals surface area contributed by atoms with E-state index in [9.17, 15) is 0 Å². The Morgan fingerprint density at radius 1 is 1.16 bits per heavy atom. The van der Waals surface area contributed by atoms with Crippen LogP contribution in [0.4, 0.5) is 0 Å². The van der Waals surface area contributed by atoms with Crippen LogP contribution < -0.4 is 10.6 Å². The van der Waals surface area contributed by atoms with E-state index in [-0.39, 0.29) is 0 Å². The van der Waals surface area contributed by atoms with Crippen LogP contribution in [-0.2, 0) is 0 Å². The Kier molecular flexibility index (Phi) is 6.11. The van der Waals surface area contributed by atoms with Gasteiger partial charge in [0.1, 0.15) is 0 Å². The molecule has 19 heavy (non-hydrogen) atoms. The van der Waals surface area contributed by atoms with E-state index >= 15 is 0 Å². The molecule has 1 saturated heterocycles. The third-order valence-electron chi connectivity index (χ3n) is 4.94. The molecule has 3 heteroatoms. The van der Waals surface area contributed by atoms with E-state index < -0.39 is 0 Å². The smallest absolute Gasteiger partial charge is 0.0113 e. The highest BCUT2D eigenvalue weighted by molar-refractivity contribution is 4.92. The minimum absolute atomic E-state index is 0.648. The molecule has 0 radical (unpaired) electrons. The summed E-state index contributed by atoms with van der Waals surface area (Å²) in [6.07, 6.45) is 9.70. The van der Waals surface area contributed by atoms with Crippen molar-refractivity contribution in [3.8, 4) is 0 Å². The summed E-state index contributed by atoms with van der Waals surface area (Å²) in [6.45, 7) is 4.79. The molecule has 0 aromatic rings. The molecule has 112 valence electrons. The Morgan fingerprint density at radius 3 is 2.63 bits per heavy atom. The van der Waals surface area contributed by atoms with Gasteiger partial charge in [-0.25, -0.2) is 0 Å². The van der Waals surface area contributed by atoms with Gasteiger partial charge in [-0.1, -0.05) is 12.8 Å². The summed E-state index contributed by atoms with van der Waals surface area (Å²) >= 11 is 0. The fourth-order valence-corrected chi connectivity index (χ4v) is 3.83. The van der Waals surface area contributed by atoms with Gasteiger partial charge in [-0.05, 0) is 72.1 Å². The van der Waals surface area contributed by atoms with Crippen molar-refractivity contribution in [2.24, 2.45) is 5.92 Å². The van der Waals surface area contributed by atoms with Gasteiger partial charge in [0, 0.05) is 18.1 Å². The second-order valence-corrected chi connectivity index (χ2v) is 6.92. The summed E-state index contributed by atoms with van der Waals surface area (Å²) in [5, 5.41) is 7.67. The molecule has 0 spiro atoms. The summed E-state index contributed by atoms with van der Waals surface area (Å²) in [5.74, 6) is 0.873. The van der Waals surface area contributed by atoms with Gasteiger partial charge in [-0.15, -0.1) is 0 Å². The van der Waals surface area contributed by atoms with Crippen LogP contribution in [0.1, 0.15) is 51.9 Å². The van der Waals surface area contributed by atoms with E-state index in [1.54, 1.807) is 0 Å². The Hall–Kier alpha value is -0.120. The van der Waals surface area contributed by atoms with Crippen molar-refractivity contribution in [3.05, 3.63) is 0 Å². The van der Waals surface area contributed by atoms with Gasteiger partial charge < -0.3 is 15.5 Å². The lowest BCUT2D eigenvalue weighted by atomic mass is 9.79. The topological polar surface area (TPSA) is 27.3 Å². The number of hydrogen-bond donors (Lipinski definition) is 2. The lowest BCUT2D eigenvalue weighted by Crippen LogP contribution is -2.49. The van der Waals surface area contributed by atoms with Gasteiger partial charge in [-0.3, -0.25) is 0 Å². The first-order valence-corrected chi connectivity index (χ1v) is 8.31. The van der Waals surface area contributed by atoms with Crippen LogP contribution in [0.25, 0.3) is 0 Å². The molecule has 4 atom stereocenters. The van der Waals surface area contributed by atoms with E-state index in [4.69, 9.17) is 0 Å². The number of rotatable bonds is 6. The first-order chi connectivity index (χ1) is 9.16. The van der Waals surface area contributed by atoms with Crippen molar-refractivity contribution in [3.63, 3.8) is 0 Å². The predicted molar refractivity (Wildman–Crippen MR) is 82.5 cm³/mol. The minimum Gasteiger partial charge on any atom is -0.314 e. The van der Waals surface area contributed by atoms with E-state index in [0.717, 1.165) is 18.0 Å². The van der Waals surface area contributed by atoms with Crippen LogP contribution in [0.15, 0.2) is 0 Å². The summed E-state index contributed by atoms with van der Waals surface area (Å²) in [5.41, 5.74) is 0. The van der Waals surface area contributed by atoms with Crippen LogP contribution in [0, 0.1) is 5.92 Å². The molecular formula is C16H33N3. The molecular weight excluding hydrogens is 234 g/mol. The molecule has 1 aliphatic heterocycles. The van der Waals surface area contributed by atoms with Crippen LogP contribution in [0.5, 0.6) is 0 Å². The fraction of sp³-hybridized carbons (Fsp3) is 1.00. The molecule has 1 heterocycles. The summed E-state index contributed by atoms with van der Waals surface area (Å²) in [7, 11) is 4.33. The largest absolute Gasteiger partial charge is 0.314 e. The van der Waals surface area contributed by atoms with Gasteiger partial charge in [0.05, 0.1) is 0 Å². The lowest BCUT2D eigenvalue weighted by Gasteiger charge is -2.38. The third-order valence-corrected chi connectivity index (χ3v) is 4.94. The van der Waals surface area contributed by atoms with Crippen molar-refractivity contribution in [1.29, 1.82) is 0 Å². The summed E-state index contributed by atoms with van der Waals surface area (Å²) < 4.78 is 0. The highest BCUT2D eigenvalue weighted by Crippen LogP contribution is 2.31. The van der Waals surface area contributed by atoms with Crippen LogP contribution >= 0.6 is 0 Å². The van der Waals surface area contributed by atoms with E-state index in [2.05, 4.69) is 36.6 Å². The standard InChI is InChI=1S/C16H33N3/c1-13(10-12-19(2)3)18-16-8-5-4-7-14(16)15-9-6-11-17-15/h13-18H,4-12H2,1-3H3. The van der Waals surface area contributed by atoms with Gasteiger partial charge in [0.25, 0.3) is 0 Å². The van der Waals surface area contributed by atoms with Crippen molar-refractivity contribution in [2.45, 2.75) is 70.0 Å². The Balaban J connectivity index is 1.81. The maximum Gasteiger partial charge on any atom is 0.0113 e. The zero-order chi connectivity index (χ0) is 13.7. The molecule has 0 bridgehead atoms. The number of nitrogens with zero attached hydrogens (tertiary/aromatic N) is 1. The Bertz CT molecular complexity index is 248. The molecule has 2 N–H and O–H groups in total. The normalized spacial score (nSPS) is 33.8. The van der Waals surface area contributed by atoms with E-state index in [1.165, 1.54) is 58.0 Å². The predicted octanol–water partition coefficient (Wildman–Crippen LogP) is 2.23. The molecule has 0 aromatic heterocycles. The molecule has 2 rings (SSSR count). The highest BCUT2D eigenvalue weighted by Gasteiger charge is 2.33. The molecule has 4 unspecified atom stereocenters. The monoisotopic (exact) mass is 267 g/mol. The average Bonchev–Trinajstić information content (AvgIpc) is 2.91. The highest BCUT2D eigenvalue weighted by atomic mass is 15.1. The molecule has 0 aromatic carbocycles. The van der Waals surface area contributed by atoms with Crippen LogP contribution in [0.2, 0.25) is 0 Å². The van der Waals surface area contributed by atoms with Crippen molar-refractivity contribution < 1.29 is 0 Å². The van der Waals surface area contributed by atoms with Gasteiger partial charge in [0.2, 0.25) is 0 Å². The van der Waals surface area contributed by atoms with Gasteiger partial charge in [-0.2, -0.15) is 0 Å².